The van der Waals surface area contributed by atoms with Gasteiger partial charge in [0, 0.05) is 24.2 Å². The maximum atomic E-state index is 3.82. The Hall–Kier alpha value is 0.270. The van der Waals surface area contributed by atoms with E-state index in [1.54, 1.807) is 0 Å². The summed E-state index contributed by atoms with van der Waals surface area (Å²) in [6.07, 6.45) is 6.40. The fourth-order valence-corrected chi connectivity index (χ4v) is 3.39. The lowest BCUT2D eigenvalue weighted by atomic mass is 9.86. The Morgan fingerprint density at radius 3 is 2.59 bits per heavy atom. The first-order valence-corrected chi connectivity index (χ1v) is 8.36. The number of nitrogens with one attached hydrogen (secondary N) is 1. The van der Waals surface area contributed by atoms with Gasteiger partial charge >= 0.3 is 0 Å². The molecule has 1 aliphatic carbocycles. The average molecular weight is 256 g/mol. The lowest BCUT2D eigenvalue weighted by Crippen LogP contribution is -2.68. The fourth-order valence-electron chi connectivity index (χ4n) is 2.97. The van der Waals surface area contributed by atoms with Gasteiger partial charge in [-0.3, -0.25) is 4.90 Å². The maximum absolute atomic E-state index is 3.82. The van der Waals surface area contributed by atoms with Gasteiger partial charge in [-0.1, -0.05) is 0 Å². The van der Waals surface area contributed by atoms with Crippen LogP contribution in [-0.4, -0.2) is 47.6 Å². The molecule has 3 heteroatoms. The second-order valence-corrected chi connectivity index (χ2v) is 7.61. The van der Waals surface area contributed by atoms with Crippen LogP contribution in [0.3, 0.4) is 0 Å². The molecule has 17 heavy (non-hydrogen) atoms. The molecule has 2 aliphatic rings. The second-order valence-electron chi connectivity index (χ2n) is 6.63. The number of hydrogen-bond acceptors (Lipinski definition) is 3. The van der Waals surface area contributed by atoms with Gasteiger partial charge in [0.15, 0.2) is 0 Å². The average Bonchev–Trinajstić information content (AvgIpc) is 3.08. The van der Waals surface area contributed by atoms with E-state index in [0.29, 0.717) is 11.1 Å². The fraction of sp³-hybridized carbons (Fsp3) is 1.00. The van der Waals surface area contributed by atoms with E-state index in [1.165, 1.54) is 38.1 Å². The highest BCUT2D eigenvalue weighted by molar-refractivity contribution is 7.98. The van der Waals surface area contributed by atoms with Crippen LogP contribution in [0.4, 0.5) is 0 Å². The highest BCUT2D eigenvalue weighted by Gasteiger charge is 2.47. The highest BCUT2D eigenvalue weighted by Crippen LogP contribution is 2.42. The topological polar surface area (TPSA) is 15.3 Å². The predicted molar refractivity (Wildman–Crippen MR) is 77.8 cm³/mol. The largest absolute Gasteiger partial charge is 0.308 e. The van der Waals surface area contributed by atoms with Crippen LogP contribution >= 0.6 is 11.8 Å². The summed E-state index contributed by atoms with van der Waals surface area (Å²) >= 11 is 1.97. The first-order valence-electron chi connectivity index (χ1n) is 6.97. The van der Waals surface area contributed by atoms with Crippen LogP contribution in [0.2, 0.25) is 0 Å². The van der Waals surface area contributed by atoms with Crippen molar-refractivity contribution >= 4 is 11.8 Å². The van der Waals surface area contributed by atoms with Gasteiger partial charge in [-0.15, -0.1) is 0 Å². The molecule has 1 aliphatic heterocycles. The molecular formula is C14H28N2S. The zero-order valence-corrected chi connectivity index (χ0v) is 12.7. The van der Waals surface area contributed by atoms with Gasteiger partial charge in [0.05, 0.1) is 0 Å². The summed E-state index contributed by atoms with van der Waals surface area (Å²) < 4.78 is 0. The van der Waals surface area contributed by atoms with E-state index in [1.807, 2.05) is 11.8 Å². The van der Waals surface area contributed by atoms with E-state index in [4.69, 9.17) is 0 Å². The van der Waals surface area contributed by atoms with Crippen LogP contribution in [0, 0.1) is 5.92 Å². The minimum Gasteiger partial charge on any atom is -0.308 e. The standard InChI is InChI=1S/C14H28N2S/c1-13(2)10-15-14(3,12-6-7-12)11-16(13)8-5-9-17-4/h12,15H,5-11H2,1-4H3. The van der Waals surface area contributed by atoms with Crippen LogP contribution in [0.25, 0.3) is 0 Å². The Labute approximate surface area is 111 Å². The van der Waals surface area contributed by atoms with Crippen LogP contribution in [0.5, 0.6) is 0 Å². The zero-order chi connectivity index (χ0) is 12.5. The third-order valence-corrected chi connectivity index (χ3v) is 5.25. The van der Waals surface area contributed by atoms with Crippen LogP contribution < -0.4 is 5.32 Å². The Kier molecular flexibility index (Phi) is 4.11. The molecule has 0 aromatic heterocycles. The summed E-state index contributed by atoms with van der Waals surface area (Å²) in [5, 5.41) is 3.82. The molecule has 1 saturated heterocycles. The molecule has 1 atom stereocenters. The predicted octanol–water partition coefficient (Wildman–Crippen LogP) is 2.59. The van der Waals surface area contributed by atoms with Crippen LogP contribution in [0.1, 0.15) is 40.0 Å². The van der Waals surface area contributed by atoms with Crippen molar-refractivity contribution in [2.45, 2.75) is 51.1 Å². The van der Waals surface area contributed by atoms with Crippen molar-refractivity contribution in [2.75, 3.05) is 31.6 Å². The van der Waals surface area contributed by atoms with Crippen molar-refractivity contribution in [2.24, 2.45) is 5.92 Å². The Bertz CT molecular complexity index is 263. The molecule has 2 nitrogen and oxygen atoms in total. The molecule has 100 valence electrons. The van der Waals surface area contributed by atoms with Gasteiger partial charge in [-0.25, -0.2) is 0 Å². The molecular weight excluding hydrogens is 228 g/mol. The number of rotatable bonds is 5. The molecule has 0 spiro atoms. The summed E-state index contributed by atoms with van der Waals surface area (Å²) in [6, 6.07) is 0. The summed E-state index contributed by atoms with van der Waals surface area (Å²) in [5.74, 6) is 2.22. The molecule has 1 heterocycles. The number of piperazine rings is 1. The molecule has 0 radical (unpaired) electrons. The van der Waals surface area contributed by atoms with E-state index in [9.17, 15) is 0 Å². The van der Waals surface area contributed by atoms with Crippen molar-refractivity contribution in [1.29, 1.82) is 0 Å². The van der Waals surface area contributed by atoms with Crippen molar-refractivity contribution in [3.8, 4) is 0 Å². The molecule has 1 unspecified atom stereocenters. The molecule has 0 amide bonds. The number of nitrogens with zero attached hydrogens (tertiary/aromatic N) is 1. The highest BCUT2D eigenvalue weighted by atomic mass is 32.2. The maximum Gasteiger partial charge on any atom is 0.0309 e. The quantitative estimate of drug-likeness (QED) is 0.761. The Morgan fingerprint density at radius 1 is 1.29 bits per heavy atom. The van der Waals surface area contributed by atoms with Gasteiger partial charge in [0.1, 0.15) is 0 Å². The molecule has 1 saturated carbocycles. The SMILES string of the molecule is CSCCCN1CC(C)(C2CC2)NCC1(C)C. The molecule has 0 bridgehead atoms. The first-order chi connectivity index (χ1) is 7.98. The van der Waals surface area contributed by atoms with Crippen LogP contribution in [-0.2, 0) is 0 Å². The third kappa shape index (κ3) is 3.18. The van der Waals surface area contributed by atoms with E-state index < -0.39 is 0 Å². The van der Waals surface area contributed by atoms with Crippen molar-refractivity contribution in [1.82, 2.24) is 10.2 Å². The number of hydrogen-bond donors (Lipinski definition) is 1. The Balaban J connectivity index is 1.94. The number of thioether (sulfide) groups is 1. The minimum absolute atomic E-state index is 0.326. The first kappa shape index (κ1) is 13.7. The van der Waals surface area contributed by atoms with Crippen LogP contribution in [0.15, 0.2) is 0 Å². The van der Waals surface area contributed by atoms with Crippen molar-refractivity contribution < 1.29 is 0 Å². The molecule has 2 fully saturated rings. The smallest absolute Gasteiger partial charge is 0.0309 e. The lowest BCUT2D eigenvalue weighted by molar-refractivity contribution is 0.0247. The minimum atomic E-state index is 0.326. The monoisotopic (exact) mass is 256 g/mol. The van der Waals surface area contributed by atoms with E-state index in [0.717, 1.165) is 12.5 Å². The zero-order valence-electron chi connectivity index (χ0n) is 11.9. The summed E-state index contributed by atoms with van der Waals surface area (Å²) in [6.45, 7) is 10.8. The van der Waals surface area contributed by atoms with Gasteiger partial charge < -0.3 is 5.32 Å². The molecule has 0 aromatic carbocycles. The van der Waals surface area contributed by atoms with E-state index in [2.05, 4.69) is 37.2 Å². The van der Waals surface area contributed by atoms with E-state index in [-0.39, 0.29) is 0 Å². The molecule has 2 rings (SSSR count). The van der Waals surface area contributed by atoms with E-state index >= 15 is 0 Å². The molecule has 0 aromatic rings. The second kappa shape index (κ2) is 5.10. The normalized spacial score (nSPS) is 33.9. The third-order valence-electron chi connectivity index (χ3n) is 4.56. The lowest BCUT2D eigenvalue weighted by Gasteiger charge is -2.51. The van der Waals surface area contributed by atoms with Crippen molar-refractivity contribution in [3.05, 3.63) is 0 Å². The molecule has 1 N–H and O–H groups in total. The van der Waals surface area contributed by atoms with Gasteiger partial charge in [0.25, 0.3) is 0 Å². The summed E-state index contributed by atoms with van der Waals surface area (Å²) in [4.78, 5) is 2.72. The van der Waals surface area contributed by atoms with Gasteiger partial charge in [0.2, 0.25) is 0 Å². The van der Waals surface area contributed by atoms with Gasteiger partial charge in [-0.2, -0.15) is 11.8 Å². The summed E-state index contributed by atoms with van der Waals surface area (Å²) in [7, 11) is 0. The van der Waals surface area contributed by atoms with Gasteiger partial charge in [-0.05, 0) is 64.5 Å². The summed E-state index contributed by atoms with van der Waals surface area (Å²) in [5.41, 5.74) is 0.710. The Morgan fingerprint density at radius 2 is 2.00 bits per heavy atom. The van der Waals surface area contributed by atoms with Crippen molar-refractivity contribution in [3.63, 3.8) is 0 Å².